The zero-order chi connectivity index (χ0) is 22.9. The van der Waals surface area contributed by atoms with E-state index in [4.69, 9.17) is 4.74 Å². The van der Waals surface area contributed by atoms with Gasteiger partial charge >= 0.3 is 0 Å². The second-order valence-corrected chi connectivity index (χ2v) is 8.85. The van der Waals surface area contributed by atoms with Crippen LogP contribution in [0.25, 0.3) is 11.0 Å². The van der Waals surface area contributed by atoms with Gasteiger partial charge < -0.3 is 19.9 Å². The topological polar surface area (TPSA) is 83.1 Å². The van der Waals surface area contributed by atoms with Crippen LogP contribution in [-0.4, -0.2) is 39.9 Å². The van der Waals surface area contributed by atoms with Crippen LogP contribution in [0.1, 0.15) is 36.7 Å². The lowest BCUT2D eigenvalue weighted by Gasteiger charge is -2.22. The third kappa shape index (κ3) is 4.42. The van der Waals surface area contributed by atoms with Crippen LogP contribution in [-0.2, 0) is 5.41 Å². The molecule has 2 aromatic heterocycles. The number of carbonyl (C=O) groups is 1. The lowest BCUT2D eigenvalue weighted by Crippen LogP contribution is -2.21. The van der Waals surface area contributed by atoms with Gasteiger partial charge in [0.05, 0.1) is 11.0 Å². The standard InChI is InChI=1S/C25H27N5O2/c1-25(2,3)17-9-6-7-11-21(17)32-22-19(10-8-14-26-22)28-24-27-18-13-12-16(15-20(18)29-24)23(31)30(4)5/h6-15H,1-5H3,(H2,27,28,29). The molecule has 0 aliphatic rings. The second-order valence-electron chi connectivity index (χ2n) is 8.85. The Bertz CT molecular complexity index is 1270. The van der Waals surface area contributed by atoms with Gasteiger partial charge in [0.2, 0.25) is 11.8 Å². The van der Waals surface area contributed by atoms with Gasteiger partial charge in [0.25, 0.3) is 5.91 Å². The molecule has 0 aliphatic heterocycles. The molecule has 0 unspecified atom stereocenters. The summed E-state index contributed by atoms with van der Waals surface area (Å²) in [5, 5.41) is 3.26. The van der Waals surface area contributed by atoms with Crippen molar-refractivity contribution in [3.63, 3.8) is 0 Å². The number of pyridine rings is 1. The Kier molecular flexibility index (Phi) is 5.57. The maximum Gasteiger partial charge on any atom is 0.253 e. The van der Waals surface area contributed by atoms with E-state index in [2.05, 4.69) is 47.1 Å². The van der Waals surface area contributed by atoms with E-state index >= 15 is 0 Å². The predicted molar refractivity (Wildman–Crippen MR) is 127 cm³/mol. The third-order valence-electron chi connectivity index (χ3n) is 5.06. The summed E-state index contributed by atoms with van der Waals surface area (Å²) >= 11 is 0. The van der Waals surface area contributed by atoms with Gasteiger partial charge in [0.15, 0.2) is 0 Å². The van der Waals surface area contributed by atoms with Crippen LogP contribution in [0.3, 0.4) is 0 Å². The minimum absolute atomic E-state index is 0.0588. The molecule has 0 bridgehead atoms. The Balaban J connectivity index is 1.63. The van der Waals surface area contributed by atoms with Crippen LogP contribution < -0.4 is 10.1 Å². The molecule has 7 heteroatoms. The van der Waals surface area contributed by atoms with E-state index in [0.29, 0.717) is 23.1 Å². The smallest absolute Gasteiger partial charge is 0.253 e. The summed E-state index contributed by atoms with van der Waals surface area (Å²) in [5.74, 6) is 1.69. The first kappa shape index (κ1) is 21.4. The van der Waals surface area contributed by atoms with E-state index in [9.17, 15) is 4.79 Å². The number of rotatable bonds is 5. The van der Waals surface area contributed by atoms with E-state index < -0.39 is 0 Å². The molecule has 0 saturated carbocycles. The number of para-hydroxylation sites is 1. The van der Waals surface area contributed by atoms with E-state index in [1.165, 1.54) is 0 Å². The third-order valence-corrected chi connectivity index (χ3v) is 5.06. The number of H-pyrrole nitrogens is 1. The van der Waals surface area contributed by atoms with Crippen molar-refractivity contribution >= 4 is 28.6 Å². The number of aromatic amines is 1. The quantitative estimate of drug-likeness (QED) is 0.438. The molecule has 164 valence electrons. The molecule has 4 aromatic rings. The first-order chi connectivity index (χ1) is 15.2. The molecule has 2 N–H and O–H groups in total. The number of hydrogen-bond donors (Lipinski definition) is 2. The zero-order valence-corrected chi connectivity index (χ0v) is 18.9. The minimum atomic E-state index is -0.0700. The average Bonchev–Trinajstić information content (AvgIpc) is 3.15. The monoisotopic (exact) mass is 429 g/mol. The second kappa shape index (κ2) is 8.34. The maximum absolute atomic E-state index is 12.3. The largest absolute Gasteiger partial charge is 0.437 e. The summed E-state index contributed by atoms with van der Waals surface area (Å²) in [7, 11) is 3.46. The number of nitrogens with one attached hydrogen (secondary N) is 2. The number of fused-ring (bicyclic) bond motifs is 1. The van der Waals surface area contributed by atoms with Crippen molar-refractivity contribution in [2.45, 2.75) is 26.2 Å². The molecule has 0 spiro atoms. The number of hydrogen-bond acceptors (Lipinski definition) is 5. The minimum Gasteiger partial charge on any atom is -0.437 e. The Morgan fingerprint density at radius 3 is 2.59 bits per heavy atom. The molecule has 7 nitrogen and oxygen atoms in total. The molecule has 1 amide bonds. The summed E-state index contributed by atoms with van der Waals surface area (Å²) in [6.07, 6.45) is 1.69. The Morgan fingerprint density at radius 1 is 1.06 bits per heavy atom. The lowest BCUT2D eigenvalue weighted by molar-refractivity contribution is 0.0827. The number of ether oxygens (including phenoxy) is 1. The number of amides is 1. The van der Waals surface area contributed by atoms with Crippen LogP contribution >= 0.6 is 0 Å². The van der Waals surface area contributed by atoms with E-state index in [1.807, 2.05) is 36.4 Å². The maximum atomic E-state index is 12.3. The summed E-state index contributed by atoms with van der Waals surface area (Å²) < 4.78 is 6.22. The molecular formula is C25H27N5O2. The molecule has 0 radical (unpaired) electrons. The summed E-state index contributed by atoms with van der Waals surface area (Å²) in [4.78, 5) is 26.0. The Labute approximate surface area is 187 Å². The number of imidazole rings is 1. The summed E-state index contributed by atoms with van der Waals surface area (Å²) in [6, 6.07) is 17.1. The van der Waals surface area contributed by atoms with Crippen LogP contribution in [0.15, 0.2) is 60.8 Å². The normalized spacial score (nSPS) is 11.4. The molecule has 4 rings (SSSR count). The fourth-order valence-corrected chi connectivity index (χ4v) is 3.43. The summed E-state index contributed by atoms with van der Waals surface area (Å²) in [6.45, 7) is 6.45. The van der Waals surface area contributed by atoms with Gasteiger partial charge in [-0.2, -0.15) is 0 Å². The number of anilines is 2. The highest BCUT2D eigenvalue weighted by Crippen LogP contribution is 2.36. The number of benzene rings is 2. The van der Waals surface area contributed by atoms with Crippen LogP contribution in [0.5, 0.6) is 11.6 Å². The summed E-state index contributed by atoms with van der Waals surface area (Å²) in [5.41, 5.74) is 3.83. The average molecular weight is 430 g/mol. The molecule has 0 aliphatic carbocycles. The number of carbonyl (C=O) groups excluding carboxylic acids is 1. The van der Waals surface area contributed by atoms with Gasteiger partial charge in [0.1, 0.15) is 11.4 Å². The zero-order valence-electron chi connectivity index (χ0n) is 18.9. The first-order valence-electron chi connectivity index (χ1n) is 10.4. The van der Waals surface area contributed by atoms with E-state index in [0.717, 1.165) is 22.3 Å². The van der Waals surface area contributed by atoms with Gasteiger partial charge in [-0.15, -0.1) is 0 Å². The van der Waals surface area contributed by atoms with E-state index in [1.54, 1.807) is 37.3 Å². The SMILES string of the molecule is CN(C)C(=O)c1ccc2nc(Nc3cccnc3Oc3ccccc3C(C)(C)C)[nH]c2c1. The van der Waals surface area contributed by atoms with E-state index in [-0.39, 0.29) is 11.3 Å². The van der Waals surface area contributed by atoms with Crippen molar-refractivity contribution in [1.29, 1.82) is 0 Å². The highest BCUT2D eigenvalue weighted by Gasteiger charge is 2.20. The molecule has 0 saturated heterocycles. The van der Waals surface area contributed by atoms with Crippen molar-refractivity contribution in [3.05, 3.63) is 71.9 Å². The Hall–Kier alpha value is -3.87. The molecule has 2 aromatic carbocycles. The molecule has 32 heavy (non-hydrogen) atoms. The molecule has 0 atom stereocenters. The van der Waals surface area contributed by atoms with Crippen molar-refractivity contribution in [2.75, 3.05) is 19.4 Å². The number of aromatic nitrogens is 3. The van der Waals surface area contributed by atoms with Crippen molar-refractivity contribution in [2.24, 2.45) is 0 Å². The van der Waals surface area contributed by atoms with Crippen molar-refractivity contribution < 1.29 is 9.53 Å². The van der Waals surface area contributed by atoms with Crippen molar-refractivity contribution in [1.82, 2.24) is 19.9 Å². The van der Waals surface area contributed by atoms with Gasteiger partial charge in [-0.05, 0) is 41.8 Å². The van der Waals surface area contributed by atoms with Gasteiger partial charge in [-0.1, -0.05) is 39.0 Å². The number of nitrogens with zero attached hydrogens (tertiary/aromatic N) is 3. The predicted octanol–water partition coefficient (Wildman–Crippen LogP) is 5.49. The Morgan fingerprint density at radius 2 is 1.84 bits per heavy atom. The van der Waals surface area contributed by atoms with Gasteiger partial charge in [-0.25, -0.2) is 9.97 Å². The van der Waals surface area contributed by atoms with Gasteiger partial charge in [0, 0.05) is 31.4 Å². The molecular weight excluding hydrogens is 402 g/mol. The highest BCUT2D eigenvalue weighted by molar-refractivity contribution is 5.97. The highest BCUT2D eigenvalue weighted by atomic mass is 16.5. The van der Waals surface area contributed by atoms with Gasteiger partial charge in [-0.3, -0.25) is 4.79 Å². The first-order valence-corrected chi connectivity index (χ1v) is 10.4. The van der Waals surface area contributed by atoms with Crippen LogP contribution in [0.4, 0.5) is 11.6 Å². The van der Waals surface area contributed by atoms with Crippen molar-refractivity contribution in [3.8, 4) is 11.6 Å². The fraction of sp³-hybridized carbons (Fsp3) is 0.240. The molecule has 2 heterocycles. The van der Waals surface area contributed by atoms with Crippen LogP contribution in [0, 0.1) is 0 Å². The lowest BCUT2D eigenvalue weighted by atomic mass is 9.86. The molecule has 0 fully saturated rings. The fourth-order valence-electron chi connectivity index (χ4n) is 3.43. The van der Waals surface area contributed by atoms with Crippen LogP contribution in [0.2, 0.25) is 0 Å².